The molecule has 0 saturated carbocycles. The molecule has 34 valence electrons. The molecule has 0 aromatic carbocycles. The van der Waals surface area contributed by atoms with Crippen molar-refractivity contribution in [1.29, 1.82) is 5.41 Å². The van der Waals surface area contributed by atoms with Crippen molar-refractivity contribution in [3.8, 4) is 0 Å². The van der Waals surface area contributed by atoms with Gasteiger partial charge in [-0.25, -0.2) is 5.41 Å². The molecule has 3 heteroatoms. The normalized spacial score (nSPS) is 8.83. The Balaban J connectivity index is 2.86. The highest BCUT2D eigenvalue weighted by atomic mass is 28.2. The summed E-state index contributed by atoms with van der Waals surface area (Å²) in [4.78, 5) is 0. The summed E-state index contributed by atoms with van der Waals surface area (Å²) in [6.45, 7) is 2.08. The molecule has 0 saturated heterocycles. The second-order valence-electron chi connectivity index (χ2n) is 0.994. The lowest BCUT2D eigenvalue weighted by Gasteiger charge is -1.71. The molecule has 0 atom stereocenters. The number of hydrogen-bond donors (Lipinski definition) is 1. The summed E-state index contributed by atoms with van der Waals surface area (Å²) in [6, 6.07) is 3.15. The van der Waals surface area contributed by atoms with Gasteiger partial charge in [-0.3, -0.25) is 4.66 Å². The average Bonchev–Trinajstić information content (AvgIpc) is 1.61. The highest BCUT2D eigenvalue weighted by Gasteiger charge is 1.68. The molecule has 0 aliphatic heterocycles. The van der Waals surface area contributed by atoms with E-state index in [1.807, 2.05) is 6.01 Å². The Bertz CT molecular complexity index is 65.2. The molecule has 0 radical (unpaired) electrons. The Hall–Kier alpha value is -0.403. The molecular weight excluding hydrogens is 92.1 g/mol. The van der Waals surface area contributed by atoms with Gasteiger partial charge in [0.15, 0.2) is 9.68 Å². The predicted octanol–water partition coefficient (Wildman–Crippen LogP) is 0.261. The van der Waals surface area contributed by atoms with Crippen LogP contribution in [0.3, 0.4) is 0 Å². The van der Waals surface area contributed by atoms with Gasteiger partial charge in [-0.05, 0) is 6.04 Å². The van der Waals surface area contributed by atoms with Gasteiger partial charge in [0.1, 0.15) is 0 Å². The highest BCUT2D eigenvalue weighted by molar-refractivity contribution is 6.34. The predicted molar refractivity (Wildman–Crippen MR) is 29.2 cm³/mol. The van der Waals surface area contributed by atoms with Gasteiger partial charge in [0.2, 0.25) is 0 Å². The summed E-state index contributed by atoms with van der Waals surface area (Å²) in [5.74, 6) is 0. The molecule has 2 nitrogen and oxygen atoms in total. The molecule has 0 aliphatic rings. The van der Waals surface area contributed by atoms with Gasteiger partial charge in [-0.15, -0.1) is 0 Å². The number of nitrogens with one attached hydrogen (secondary N) is 1. The zero-order valence-electron chi connectivity index (χ0n) is 3.86. The van der Waals surface area contributed by atoms with E-state index in [0.717, 1.165) is 6.04 Å². The molecule has 0 rings (SSSR count). The Labute approximate surface area is 39.7 Å². The fourth-order valence-electron chi connectivity index (χ4n) is 0.168. The van der Waals surface area contributed by atoms with Gasteiger partial charge >= 0.3 is 0 Å². The summed E-state index contributed by atoms with van der Waals surface area (Å²) in [5, 5.41) is 6.32. The average molecular weight is 100 g/mol. The van der Waals surface area contributed by atoms with E-state index >= 15 is 0 Å². The monoisotopic (exact) mass is 100 g/mol. The summed E-state index contributed by atoms with van der Waals surface area (Å²) in [5.41, 5.74) is 0. The second-order valence-corrected chi connectivity index (χ2v) is 2.76. The van der Waals surface area contributed by atoms with Crippen LogP contribution in [0.1, 0.15) is 6.92 Å². The van der Waals surface area contributed by atoms with Gasteiger partial charge in [0, 0.05) is 0 Å². The van der Waals surface area contributed by atoms with Gasteiger partial charge in [-0.2, -0.15) is 0 Å². The van der Waals surface area contributed by atoms with Crippen molar-refractivity contribution < 1.29 is 0 Å². The van der Waals surface area contributed by atoms with Crippen LogP contribution in [-0.4, -0.2) is 15.7 Å². The first-order chi connectivity index (χ1) is 2.91. The lowest BCUT2D eigenvalue weighted by Crippen LogP contribution is -1.74. The quantitative estimate of drug-likeness (QED) is 0.382. The fourth-order valence-corrected chi connectivity index (χ4v) is 0.503. The lowest BCUT2D eigenvalue weighted by atomic mass is 11.0. The van der Waals surface area contributed by atoms with Crippen LogP contribution in [0.15, 0.2) is 4.66 Å². The van der Waals surface area contributed by atoms with Crippen LogP contribution in [0.5, 0.6) is 0 Å². The second kappa shape index (κ2) is 4.60. The van der Waals surface area contributed by atoms with Crippen LogP contribution < -0.4 is 0 Å². The molecule has 0 aromatic rings. The van der Waals surface area contributed by atoms with E-state index in [9.17, 15) is 0 Å². The summed E-state index contributed by atoms with van der Waals surface area (Å²) in [7, 11) is -0.252. The molecular formula is C3H8N2Si. The maximum Gasteiger partial charge on any atom is 0.164 e. The highest BCUT2D eigenvalue weighted by Crippen LogP contribution is 1.68. The zero-order valence-corrected chi connectivity index (χ0v) is 5.28. The molecule has 0 unspecified atom stereocenters. The van der Waals surface area contributed by atoms with E-state index in [1.165, 1.54) is 0 Å². The van der Waals surface area contributed by atoms with Crippen molar-refractivity contribution in [3.63, 3.8) is 0 Å². The van der Waals surface area contributed by atoms with E-state index < -0.39 is 0 Å². The van der Waals surface area contributed by atoms with Crippen LogP contribution in [0.25, 0.3) is 0 Å². The summed E-state index contributed by atoms with van der Waals surface area (Å²) < 4.78 is 3.65. The third-order valence-electron chi connectivity index (χ3n) is 0.414. The maximum absolute atomic E-state index is 6.32. The smallest absolute Gasteiger partial charge is 0.164 e. The number of nitrogens with zero attached hydrogens (tertiary/aromatic N) is 1. The van der Waals surface area contributed by atoms with Crippen molar-refractivity contribution >= 4 is 15.7 Å². The summed E-state index contributed by atoms with van der Waals surface area (Å²) in [6.07, 6.45) is 0. The van der Waals surface area contributed by atoms with Crippen molar-refractivity contribution in [2.75, 3.05) is 0 Å². The maximum atomic E-state index is 6.32. The van der Waals surface area contributed by atoms with Crippen LogP contribution >= 0.6 is 0 Å². The van der Waals surface area contributed by atoms with Crippen molar-refractivity contribution in [3.05, 3.63) is 0 Å². The number of rotatable bonds is 2. The Morgan fingerprint density at radius 1 is 2.00 bits per heavy atom. The molecule has 0 amide bonds. The van der Waals surface area contributed by atoms with E-state index in [-0.39, 0.29) is 9.68 Å². The van der Waals surface area contributed by atoms with E-state index in [4.69, 9.17) is 5.41 Å². The molecule has 0 bridgehead atoms. The first kappa shape index (κ1) is 5.60. The Morgan fingerprint density at radius 3 is 2.83 bits per heavy atom. The first-order valence-corrected chi connectivity index (χ1v) is 3.63. The number of hydrogen-bond acceptors (Lipinski definition) is 2. The molecule has 0 aliphatic carbocycles. The van der Waals surface area contributed by atoms with Gasteiger partial charge in [-0.1, -0.05) is 6.92 Å². The fraction of sp³-hybridized carbons (Fsp3) is 0.667. The minimum atomic E-state index is -0.252. The van der Waals surface area contributed by atoms with E-state index in [0.29, 0.717) is 0 Å². The zero-order chi connectivity index (χ0) is 4.83. The molecule has 1 N–H and O–H groups in total. The minimum Gasteiger partial charge on any atom is -0.275 e. The van der Waals surface area contributed by atoms with Crippen molar-refractivity contribution in [2.45, 2.75) is 13.0 Å². The molecule has 0 spiro atoms. The summed E-state index contributed by atoms with van der Waals surface area (Å²) >= 11 is 0. The third kappa shape index (κ3) is 3.60. The largest absolute Gasteiger partial charge is 0.275 e. The van der Waals surface area contributed by atoms with Crippen LogP contribution in [0, 0.1) is 5.41 Å². The van der Waals surface area contributed by atoms with Crippen LogP contribution in [0.4, 0.5) is 0 Å². The Kier molecular flexibility index (Phi) is 4.29. The van der Waals surface area contributed by atoms with Gasteiger partial charge in [0.25, 0.3) is 0 Å². The molecule has 6 heavy (non-hydrogen) atoms. The topological polar surface area (TPSA) is 36.2 Å². The standard InChI is InChI=1S/C3H8N2Si/c1-2-6-5-3-4/h4H,2,6H2,1H3. The third-order valence-corrected chi connectivity index (χ3v) is 1.24. The van der Waals surface area contributed by atoms with Gasteiger partial charge in [0.05, 0.1) is 6.01 Å². The van der Waals surface area contributed by atoms with Gasteiger partial charge < -0.3 is 0 Å². The van der Waals surface area contributed by atoms with Crippen molar-refractivity contribution in [2.24, 2.45) is 4.66 Å². The minimum absolute atomic E-state index is 0.252. The van der Waals surface area contributed by atoms with Crippen molar-refractivity contribution in [1.82, 2.24) is 0 Å². The molecule has 0 aromatic heterocycles. The van der Waals surface area contributed by atoms with E-state index in [2.05, 4.69) is 11.6 Å². The SMILES string of the molecule is CC[SiH2]N=C=N. The molecule has 0 fully saturated rings. The first-order valence-electron chi connectivity index (χ1n) is 2.00. The van der Waals surface area contributed by atoms with Crippen LogP contribution in [-0.2, 0) is 0 Å². The van der Waals surface area contributed by atoms with E-state index in [1.54, 1.807) is 0 Å². The van der Waals surface area contributed by atoms with Crippen LogP contribution in [0.2, 0.25) is 6.04 Å². The molecule has 0 heterocycles. The Morgan fingerprint density at radius 2 is 2.67 bits per heavy atom. The lowest BCUT2D eigenvalue weighted by molar-refractivity contribution is 1.43.